The molecule has 2 heteroatoms. The zero-order chi connectivity index (χ0) is 14.1. The fourth-order valence-electron chi connectivity index (χ4n) is 4.31. The monoisotopic (exact) mass is 284 g/mol. The van der Waals surface area contributed by atoms with Crippen LogP contribution in [0.4, 0.5) is 0 Å². The van der Waals surface area contributed by atoms with Crippen LogP contribution in [0.2, 0.25) is 0 Å². The number of hydrogen-bond acceptors (Lipinski definition) is 2. The molecular formula is C19H28N2. The van der Waals surface area contributed by atoms with E-state index >= 15 is 0 Å². The second kappa shape index (κ2) is 6.10. The van der Waals surface area contributed by atoms with Crippen molar-refractivity contribution in [3.05, 3.63) is 35.4 Å². The maximum atomic E-state index is 3.74. The van der Waals surface area contributed by atoms with Crippen molar-refractivity contribution in [1.29, 1.82) is 0 Å². The van der Waals surface area contributed by atoms with Gasteiger partial charge in [0.25, 0.3) is 0 Å². The first-order valence-corrected chi connectivity index (χ1v) is 8.96. The topological polar surface area (TPSA) is 15.3 Å². The maximum absolute atomic E-state index is 3.74. The van der Waals surface area contributed by atoms with Crippen molar-refractivity contribution in [3.63, 3.8) is 0 Å². The highest BCUT2D eigenvalue weighted by atomic mass is 15.2. The van der Waals surface area contributed by atoms with E-state index in [1.165, 1.54) is 63.6 Å². The van der Waals surface area contributed by atoms with E-state index in [2.05, 4.69) is 34.5 Å². The second-order valence-electron chi connectivity index (χ2n) is 7.26. The first-order chi connectivity index (χ1) is 10.4. The summed E-state index contributed by atoms with van der Waals surface area (Å²) in [5, 5.41) is 3.74. The van der Waals surface area contributed by atoms with E-state index < -0.39 is 0 Å². The highest BCUT2D eigenvalue weighted by molar-refractivity contribution is 5.29. The van der Waals surface area contributed by atoms with Gasteiger partial charge in [0.2, 0.25) is 0 Å². The Hall–Kier alpha value is -0.860. The van der Waals surface area contributed by atoms with Crippen LogP contribution in [0.15, 0.2) is 24.3 Å². The van der Waals surface area contributed by atoms with Crippen LogP contribution in [0.5, 0.6) is 0 Å². The molecule has 1 aromatic carbocycles. The third kappa shape index (κ3) is 3.17. The van der Waals surface area contributed by atoms with Gasteiger partial charge in [-0.2, -0.15) is 0 Å². The first kappa shape index (κ1) is 13.8. The second-order valence-corrected chi connectivity index (χ2v) is 7.26. The number of piperidine rings is 1. The van der Waals surface area contributed by atoms with Gasteiger partial charge in [0, 0.05) is 18.6 Å². The minimum absolute atomic E-state index is 0.747. The van der Waals surface area contributed by atoms with Gasteiger partial charge in [0.1, 0.15) is 0 Å². The molecule has 114 valence electrons. The van der Waals surface area contributed by atoms with Gasteiger partial charge < -0.3 is 5.32 Å². The summed E-state index contributed by atoms with van der Waals surface area (Å²) in [6, 6.07) is 10.9. The van der Waals surface area contributed by atoms with E-state index in [0.29, 0.717) is 0 Å². The van der Waals surface area contributed by atoms with E-state index in [0.717, 1.165) is 24.5 Å². The summed E-state index contributed by atoms with van der Waals surface area (Å²) in [6.07, 6.45) is 9.74. The lowest BCUT2D eigenvalue weighted by Gasteiger charge is -2.39. The van der Waals surface area contributed by atoms with Crippen LogP contribution >= 0.6 is 0 Å². The van der Waals surface area contributed by atoms with E-state index in [9.17, 15) is 0 Å². The minimum Gasteiger partial charge on any atom is -0.312 e. The largest absolute Gasteiger partial charge is 0.312 e. The number of nitrogens with one attached hydrogen (secondary N) is 1. The number of hydrogen-bond donors (Lipinski definition) is 1. The van der Waals surface area contributed by atoms with Crippen LogP contribution < -0.4 is 5.32 Å². The van der Waals surface area contributed by atoms with Crippen molar-refractivity contribution >= 4 is 0 Å². The van der Waals surface area contributed by atoms with E-state index in [1.54, 1.807) is 5.56 Å². The third-order valence-corrected chi connectivity index (χ3v) is 5.61. The summed E-state index contributed by atoms with van der Waals surface area (Å²) < 4.78 is 0. The van der Waals surface area contributed by atoms with Crippen molar-refractivity contribution in [2.45, 2.75) is 69.5 Å². The number of likely N-dealkylation sites (tertiary alicyclic amines) is 1. The van der Waals surface area contributed by atoms with Gasteiger partial charge in [-0.3, -0.25) is 4.90 Å². The van der Waals surface area contributed by atoms with Crippen LogP contribution in [0, 0.1) is 0 Å². The normalized spacial score (nSPS) is 30.7. The molecule has 2 nitrogen and oxygen atoms in total. The fourth-order valence-corrected chi connectivity index (χ4v) is 4.31. The Labute approximate surface area is 128 Å². The molecule has 2 unspecified atom stereocenters. The van der Waals surface area contributed by atoms with Crippen LogP contribution in [-0.4, -0.2) is 30.1 Å². The van der Waals surface area contributed by atoms with Crippen molar-refractivity contribution in [2.75, 3.05) is 13.1 Å². The third-order valence-electron chi connectivity index (χ3n) is 5.61. The molecule has 0 aromatic heterocycles. The Kier molecular flexibility index (Phi) is 4.00. The van der Waals surface area contributed by atoms with Gasteiger partial charge in [-0.1, -0.05) is 30.7 Å². The molecule has 2 atom stereocenters. The van der Waals surface area contributed by atoms with Crippen LogP contribution in [0.1, 0.15) is 62.0 Å². The van der Waals surface area contributed by atoms with Crippen LogP contribution in [0.25, 0.3) is 0 Å². The van der Waals surface area contributed by atoms with Gasteiger partial charge in [-0.25, -0.2) is 0 Å². The number of nitrogens with zero attached hydrogens (tertiary/aromatic N) is 1. The minimum atomic E-state index is 0.747. The molecule has 0 bridgehead atoms. The molecule has 1 aliphatic carbocycles. The first-order valence-electron chi connectivity index (χ1n) is 8.96. The molecule has 1 aromatic rings. The smallest absolute Gasteiger partial charge is 0.0252 e. The molecule has 0 amide bonds. The van der Waals surface area contributed by atoms with Gasteiger partial charge in [0.05, 0.1) is 0 Å². The average Bonchev–Trinajstić information content (AvgIpc) is 3.24. The van der Waals surface area contributed by atoms with Gasteiger partial charge in [0.15, 0.2) is 0 Å². The summed E-state index contributed by atoms with van der Waals surface area (Å²) in [6.45, 7) is 3.67. The molecular weight excluding hydrogens is 256 g/mol. The van der Waals surface area contributed by atoms with E-state index in [-0.39, 0.29) is 0 Å². The lowest BCUT2D eigenvalue weighted by molar-refractivity contribution is 0.112. The Morgan fingerprint density at radius 1 is 1.05 bits per heavy atom. The average molecular weight is 284 g/mol. The van der Waals surface area contributed by atoms with Crippen molar-refractivity contribution < 1.29 is 0 Å². The zero-order valence-corrected chi connectivity index (χ0v) is 13.1. The Bertz CT molecular complexity index is 474. The van der Waals surface area contributed by atoms with Crippen LogP contribution in [-0.2, 0) is 6.54 Å². The number of benzene rings is 1. The molecule has 2 aliphatic heterocycles. The summed E-state index contributed by atoms with van der Waals surface area (Å²) in [4.78, 5) is 2.76. The van der Waals surface area contributed by atoms with Gasteiger partial charge >= 0.3 is 0 Å². The highest BCUT2D eigenvalue weighted by Crippen LogP contribution is 2.40. The highest BCUT2D eigenvalue weighted by Gasteiger charge is 2.31. The number of rotatable bonds is 4. The lowest BCUT2D eigenvalue weighted by atomic mass is 9.93. The fraction of sp³-hybridized carbons (Fsp3) is 0.684. The van der Waals surface area contributed by atoms with Crippen molar-refractivity contribution in [3.8, 4) is 0 Å². The molecule has 1 N–H and O–H groups in total. The predicted molar refractivity (Wildman–Crippen MR) is 87.5 cm³/mol. The molecule has 2 saturated heterocycles. The van der Waals surface area contributed by atoms with Gasteiger partial charge in [-0.15, -0.1) is 0 Å². The Morgan fingerprint density at radius 2 is 2.00 bits per heavy atom. The maximum Gasteiger partial charge on any atom is 0.0252 e. The summed E-state index contributed by atoms with van der Waals surface area (Å²) in [5.41, 5.74) is 3.12. The molecule has 0 radical (unpaired) electrons. The van der Waals surface area contributed by atoms with Gasteiger partial charge in [-0.05, 0) is 68.7 Å². The van der Waals surface area contributed by atoms with E-state index in [1.807, 2.05) is 0 Å². The van der Waals surface area contributed by atoms with E-state index in [4.69, 9.17) is 0 Å². The molecule has 3 fully saturated rings. The quantitative estimate of drug-likeness (QED) is 0.907. The summed E-state index contributed by atoms with van der Waals surface area (Å²) in [7, 11) is 0. The standard InChI is InChI=1S/C19H28N2/c1-2-12-21(19(8-1)18-7-4-11-20-18)14-15-5-3-6-17(13-15)16-9-10-16/h3,5-6,13,16,18-20H,1-2,4,7-12,14H2. The predicted octanol–water partition coefficient (Wildman–Crippen LogP) is 3.67. The molecule has 3 aliphatic rings. The van der Waals surface area contributed by atoms with Crippen molar-refractivity contribution in [2.24, 2.45) is 0 Å². The molecule has 4 rings (SSSR count). The zero-order valence-electron chi connectivity index (χ0n) is 13.1. The van der Waals surface area contributed by atoms with Crippen molar-refractivity contribution in [1.82, 2.24) is 10.2 Å². The molecule has 2 heterocycles. The molecule has 0 spiro atoms. The SMILES string of the molecule is c1cc(CN2CCCCC2C2CCCN2)cc(C2CC2)c1. The molecule has 1 saturated carbocycles. The molecule has 21 heavy (non-hydrogen) atoms. The van der Waals surface area contributed by atoms with Crippen LogP contribution in [0.3, 0.4) is 0 Å². The Morgan fingerprint density at radius 3 is 2.81 bits per heavy atom. The summed E-state index contributed by atoms with van der Waals surface area (Å²) in [5.74, 6) is 0.874. The Balaban J connectivity index is 1.46. The lowest BCUT2D eigenvalue weighted by Crippen LogP contribution is -2.49. The summed E-state index contributed by atoms with van der Waals surface area (Å²) >= 11 is 0.